The van der Waals surface area contributed by atoms with E-state index in [9.17, 15) is 18.0 Å². The van der Waals surface area contributed by atoms with Crippen molar-refractivity contribution in [2.45, 2.75) is 55.4 Å². The van der Waals surface area contributed by atoms with Crippen LogP contribution in [0.4, 0.5) is 13.2 Å². The normalized spacial score (nSPS) is 23.6. The predicted molar refractivity (Wildman–Crippen MR) is 159 cm³/mol. The number of alkyl halides is 3. The molecule has 4 aromatic heterocycles. The van der Waals surface area contributed by atoms with Crippen molar-refractivity contribution in [1.29, 1.82) is 0 Å². The molecule has 0 bridgehead atoms. The Kier molecular flexibility index (Phi) is 7.36. The van der Waals surface area contributed by atoms with Crippen molar-refractivity contribution in [2.24, 2.45) is 0 Å². The van der Waals surface area contributed by atoms with Gasteiger partial charge >= 0.3 is 6.18 Å². The summed E-state index contributed by atoms with van der Waals surface area (Å²) in [6, 6.07) is 3.70. The number of hydrogen-bond acceptors (Lipinski definition) is 9. The number of hydrogen-bond donors (Lipinski definition) is 3. The zero-order valence-electron chi connectivity index (χ0n) is 25.2. The van der Waals surface area contributed by atoms with Crippen LogP contribution in [-0.2, 0) is 17.3 Å². The van der Waals surface area contributed by atoms with Crippen LogP contribution in [0.1, 0.15) is 54.1 Å². The van der Waals surface area contributed by atoms with E-state index < -0.39 is 23.4 Å². The molecule has 0 spiro atoms. The van der Waals surface area contributed by atoms with E-state index in [0.29, 0.717) is 45.1 Å². The minimum Gasteiger partial charge on any atom is -0.346 e. The second kappa shape index (κ2) is 11.1. The van der Waals surface area contributed by atoms with E-state index in [4.69, 9.17) is 5.10 Å². The average Bonchev–Trinajstić information content (AvgIpc) is 3.68. The third-order valence-corrected chi connectivity index (χ3v) is 9.93. The molecule has 3 fully saturated rings. The first-order valence-corrected chi connectivity index (χ1v) is 15.3. The molecule has 0 radical (unpaired) electrons. The second-order valence-electron chi connectivity index (χ2n) is 12.4. The van der Waals surface area contributed by atoms with Gasteiger partial charge in [-0.3, -0.25) is 14.4 Å². The van der Waals surface area contributed by atoms with E-state index in [1.807, 2.05) is 36.4 Å². The van der Waals surface area contributed by atoms with E-state index in [-0.39, 0.29) is 16.9 Å². The van der Waals surface area contributed by atoms with Gasteiger partial charge < -0.3 is 20.5 Å². The van der Waals surface area contributed by atoms with Crippen LogP contribution in [0.3, 0.4) is 0 Å². The molecule has 7 rings (SSSR count). The van der Waals surface area contributed by atoms with Crippen LogP contribution in [0, 0.1) is 0 Å². The Morgan fingerprint density at radius 3 is 2.56 bits per heavy atom. The smallest absolute Gasteiger partial charge is 0.346 e. The summed E-state index contributed by atoms with van der Waals surface area (Å²) >= 11 is 0. The van der Waals surface area contributed by atoms with Gasteiger partial charge in [-0.05, 0) is 58.3 Å². The SMILES string of the molecule is CNCC1(n2cc(-c3ncnc4[nH]ccc34)cn2)CC(N2CCN(C(=O)c3cc(C4(NC)CCC4)nc(C(F)(F)F)n3)CC2)C1. The number of aromatic nitrogens is 7. The molecular formula is C30H36F3N11O. The van der Waals surface area contributed by atoms with Crippen molar-refractivity contribution in [3.05, 3.63) is 54.3 Å². The van der Waals surface area contributed by atoms with Crippen molar-refractivity contribution in [3.63, 3.8) is 0 Å². The van der Waals surface area contributed by atoms with Gasteiger partial charge in [0.15, 0.2) is 0 Å². The summed E-state index contributed by atoms with van der Waals surface area (Å²) < 4.78 is 43.2. The summed E-state index contributed by atoms with van der Waals surface area (Å²) in [7, 11) is 3.65. The molecule has 5 heterocycles. The van der Waals surface area contributed by atoms with Crippen molar-refractivity contribution in [1.82, 2.24) is 55.1 Å². The third kappa shape index (κ3) is 5.16. The molecule has 0 aromatic carbocycles. The van der Waals surface area contributed by atoms with Gasteiger partial charge in [-0.25, -0.2) is 19.9 Å². The number of carbonyl (C=O) groups excluding carboxylic acids is 1. The Hall–Kier alpha value is -3.95. The highest BCUT2D eigenvalue weighted by molar-refractivity contribution is 5.92. The average molecular weight is 624 g/mol. The molecule has 1 aliphatic heterocycles. The summed E-state index contributed by atoms with van der Waals surface area (Å²) in [6.45, 7) is 2.84. The Morgan fingerprint density at radius 1 is 1.11 bits per heavy atom. The summed E-state index contributed by atoms with van der Waals surface area (Å²) in [5.74, 6) is -1.75. The topological polar surface area (TPSA) is 133 Å². The number of carbonyl (C=O) groups is 1. The van der Waals surface area contributed by atoms with Gasteiger partial charge in [0.1, 0.15) is 17.7 Å². The summed E-state index contributed by atoms with van der Waals surface area (Å²) in [5, 5.41) is 12.1. The number of aromatic amines is 1. The molecule has 2 saturated carbocycles. The number of H-pyrrole nitrogens is 1. The first-order valence-electron chi connectivity index (χ1n) is 15.3. The lowest BCUT2D eigenvalue weighted by Crippen LogP contribution is -2.63. The van der Waals surface area contributed by atoms with Gasteiger partial charge in [0.05, 0.1) is 28.7 Å². The number of nitrogens with zero attached hydrogens (tertiary/aromatic N) is 8. The first kappa shape index (κ1) is 29.7. The molecule has 3 aliphatic rings. The molecule has 12 nitrogen and oxygen atoms in total. The minimum absolute atomic E-state index is 0.200. The molecule has 15 heteroatoms. The summed E-state index contributed by atoms with van der Waals surface area (Å²) in [4.78, 5) is 36.9. The third-order valence-electron chi connectivity index (χ3n) is 9.93. The lowest BCUT2D eigenvalue weighted by Gasteiger charge is -2.53. The minimum atomic E-state index is -4.75. The first-order chi connectivity index (χ1) is 21.6. The number of nitrogens with one attached hydrogen (secondary N) is 3. The fraction of sp³-hybridized carbons (Fsp3) is 0.533. The number of fused-ring (bicyclic) bond motifs is 1. The zero-order valence-corrected chi connectivity index (χ0v) is 25.2. The quantitative estimate of drug-likeness (QED) is 0.271. The summed E-state index contributed by atoms with van der Waals surface area (Å²) in [6.07, 6.45) is 6.51. The molecular weight excluding hydrogens is 587 g/mol. The van der Waals surface area contributed by atoms with Crippen molar-refractivity contribution < 1.29 is 18.0 Å². The summed E-state index contributed by atoms with van der Waals surface area (Å²) in [5.41, 5.74) is 1.71. The Labute approximate surface area is 257 Å². The fourth-order valence-corrected chi connectivity index (χ4v) is 7.17. The zero-order chi connectivity index (χ0) is 31.4. The molecule has 2 aliphatic carbocycles. The standard InChI is InChI=1S/C30H36F3N11O/c1-34-17-28(44-16-19(15-39-44)24-21-4-7-36-25(21)38-18-37-24)13-20(14-28)42-8-10-43(11-9-42)26(45)22-12-23(29(35-2)5-3-6-29)41-27(40-22)30(31,32)33/h4,7,12,15-16,18,20,34-35H,3,5-6,8-11,13-14,17H2,1-2H3,(H,36,37,38). The fourth-order valence-electron chi connectivity index (χ4n) is 7.17. The lowest BCUT2D eigenvalue weighted by atomic mass is 9.71. The van der Waals surface area contributed by atoms with Crippen LogP contribution >= 0.6 is 0 Å². The molecule has 238 valence electrons. The number of halogens is 3. The Bertz CT molecular complexity index is 1690. The Balaban J connectivity index is 1.02. The van der Waals surface area contributed by atoms with Gasteiger partial charge in [0.2, 0.25) is 5.82 Å². The molecule has 0 unspecified atom stereocenters. The van der Waals surface area contributed by atoms with Gasteiger partial charge in [-0.1, -0.05) is 0 Å². The molecule has 0 atom stereocenters. The number of likely N-dealkylation sites (N-methyl/N-ethyl adjacent to an activating group) is 1. The number of rotatable bonds is 8. The van der Waals surface area contributed by atoms with Crippen LogP contribution in [0.2, 0.25) is 0 Å². The van der Waals surface area contributed by atoms with Crippen molar-refractivity contribution in [3.8, 4) is 11.3 Å². The molecule has 1 amide bonds. The molecule has 4 aromatic rings. The van der Waals surface area contributed by atoms with Crippen LogP contribution in [0.25, 0.3) is 22.3 Å². The Morgan fingerprint density at radius 2 is 1.89 bits per heavy atom. The van der Waals surface area contributed by atoms with E-state index in [1.54, 1.807) is 18.3 Å². The van der Waals surface area contributed by atoms with E-state index >= 15 is 0 Å². The maximum atomic E-state index is 13.7. The maximum Gasteiger partial charge on any atom is 0.451 e. The molecule has 1 saturated heterocycles. The van der Waals surface area contributed by atoms with Crippen LogP contribution in [-0.4, -0.2) is 103 Å². The molecule has 45 heavy (non-hydrogen) atoms. The van der Waals surface area contributed by atoms with Gasteiger partial charge in [0, 0.05) is 62.1 Å². The van der Waals surface area contributed by atoms with Gasteiger partial charge in [-0.15, -0.1) is 0 Å². The van der Waals surface area contributed by atoms with Crippen LogP contribution in [0.15, 0.2) is 37.1 Å². The van der Waals surface area contributed by atoms with Gasteiger partial charge in [0.25, 0.3) is 5.91 Å². The highest BCUT2D eigenvalue weighted by Crippen LogP contribution is 2.43. The largest absolute Gasteiger partial charge is 0.451 e. The van der Waals surface area contributed by atoms with Crippen LogP contribution in [0.5, 0.6) is 0 Å². The van der Waals surface area contributed by atoms with Crippen molar-refractivity contribution >= 4 is 16.9 Å². The monoisotopic (exact) mass is 623 g/mol. The van der Waals surface area contributed by atoms with E-state index in [2.05, 4.69) is 40.5 Å². The maximum absolute atomic E-state index is 13.7. The number of amides is 1. The van der Waals surface area contributed by atoms with E-state index in [0.717, 1.165) is 48.1 Å². The highest BCUT2D eigenvalue weighted by Gasteiger charge is 2.49. The number of piperazine rings is 1. The highest BCUT2D eigenvalue weighted by atomic mass is 19.4. The van der Waals surface area contributed by atoms with Gasteiger partial charge in [-0.2, -0.15) is 18.3 Å². The lowest BCUT2D eigenvalue weighted by molar-refractivity contribution is -0.145. The second-order valence-corrected chi connectivity index (χ2v) is 12.4. The predicted octanol–water partition coefficient (Wildman–Crippen LogP) is 2.76. The van der Waals surface area contributed by atoms with Crippen molar-refractivity contribution in [2.75, 3.05) is 46.8 Å². The van der Waals surface area contributed by atoms with E-state index in [1.165, 1.54) is 6.07 Å². The van der Waals surface area contributed by atoms with Crippen LogP contribution < -0.4 is 10.6 Å². The molecule has 3 N–H and O–H groups in total.